The van der Waals surface area contributed by atoms with Gasteiger partial charge in [-0.15, -0.1) is 11.3 Å². The molecule has 0 radical (unpaired) electrons. The molecular weight excluding hydrogens is 192 g/mol. The van der Waals surface area contributed by atoms with Gasteiger partial charge in [-0.3, -0.25) is 0 Å². The first-order chi connectivity index (χ1) is 6.92. The average Bonchev–Trinajstić information content (AvgIpc) is 2.72. The maximum absolute atomic E-state index is 5.57. The van der Waals surface area contributed by atoms with Crippen LogP contribution in [0, 0.1) is 0 Å². The second-order valence-electron chi connectivity index (χ2n) is 3.03. The van der Waals surface area contributed by atoms with E-state index in [-0.39, 0.29) is 0 Å². The number of rotatable bonds is 3. The van der Waals surface area contributed by atoms with Gasteiger partial charge in [0.05, 0.1) is 0 Å². The third kappa shape index (κ3) is 1.84. The maximum Gasteiger partial charge on any atom is 0.123 e. The van der Waals surface area contributed by atoms with Gasteiger partial charge in [0.2, 0.25) is 0 Å². The first kappa shape index (κ1) is 9.37. The number of hydrogen-bond acceptors (Lipinski definition) is 3. The number of nitrogens with zero attached hydrogens (tertiary/aromatic N) is 1. The topological polar surface area (TPSA) is 38.9 Å². The summed E-state index contributed by atoms with van der Waals surface area (Å²) in [5.74, 6) is 0. The fraction of sp³-hybridized carbons (Fsp3) is 0.182. The van der Waals surface area contributed by atoms with E-state index in [1.54, 1.807) is 11.3 Å². The van der Waals surface area contributed by atoms with Crippen LogP contribution in [0.1, 0.15) is 5.56 Å². The van der Waals surface area contributed by atoms with Crippen molar-refractivity contribution < 1.29 is 0 Å². The van der Waals surface area contributed by atoms with Gasteiger partial charge in [0.15, 0.2) is 0 Å². The minimum Gasteiger partial charge on any atom is -0.330 e. The zero-order valence-electron chi connectivity index (χ0n) is 7.81. The smallest absolute Gasteiger partial charge is 0.123 e. The Labute approximate surface area is 87.4 Å². The van der Waals surface area contributed by atoms with Gasteiger partial charge in [0.1, 0.15) is 5.01 Å². The normalized spacial score (nSPS) is 10.4. The lowest BCUT2D eigenvalue weighted by atomic mass is 10.1. The quantitative estimate of drug-likeness (QED) is 0.833. The van der Waals surface area contributed by atoms with Crippen LogP contribution in [0.15, 0.2) is 35.8 Å². The molecule has 1 aromatic heterocycles. The summed E-state index contributed by atoms with van der Waals surface area (Å²) < 4.78 is 0. The average molecular weight is 204 g/mol. The van der Waals surface area contributed by atoms with E-state index in [2.05, 4.69) is 17.1 Å². The molecule has 3 heteroatoms. The minimum absolute atomic E-state index is 0.683. The van der Waals surface area contributed by atoms with Crippen LogP contribution in [0.4, 0.5) is 0 Å². The Morgan fingerprint density at radius 3 is 2.86 bits per heavy atom. The first-order valence-corrected chi connectivity index (χ1v) is 5.47. The molecule has 0 fully saturated rings. The summed E-state index contributed by atoms with van der Waals surface area (Å²) >= 11 is 1.66. The first-order valence-electron chi connectivity index (χ1n) is 4.59. The molecule has 2 aromatic rings. The summed E-state index contributed by atoms with van der Waals surface area (Å²) in [6.07, 6.45) is 2.75. The molecule has 1 aromatic carbocycles. The van der Waals surface area contributed by atoms with E-state index in [9.17, 15) is 0 Å². The highest BCUT2D eigenvalue weighted by Crippen LogP contribution is 2.25. The number of hydrogen-bond donors (Lipinski definition) is 1. The third-order valence-electron chi connectivity index (χ3n) is 2.09. The van der Waals surface area contributed by atoms with Crippen molar-refractivity contribution in [3.8, 4) is 10.6 Å². The van der Waals surface area contributed by atoms with Crippen LogP contribution < -0.4 is 5.73 Å². The Morgan fingerprint density at radius 2 is 2.14 bits per heavy atom. The van der Waals surface area contributed by atoms with Crippen molar-refractivity contribution in [3.63, 3.8) is 0 Å². The fourth-order valence-corrected chi connectivity index (χ4v) is 2.16. The van der Waals surface area contributed by atoms with Crippen LogP contribution in [0.2, 0.25) is 0 Å². The highest BCUT2D eigenvalue weighted by atomic mass is 32.1. The molecule has 0 aliphatic heterocycles. The van der Waals surface area contributed by atoms with Gasteiger partial charge in [-0.2, -0.15) is 0 Å². The Balaban J connectivity index is 2.42. The van der Waals surface area contributed by atoms with E-state index in [1.165, 1.54) is 11.1 Å². The monoisotopic (exact) mass is 204 g/mol. The molecule has 14 heavy (non-hydrogen) atoms. The molecule has 0 spiro atoms. The van der Waals surface area contributed by atoms with Gasteiger partial charge >= 0.3 is 0 Å². The standard InChI is InChI=1S/C11H12N2S/c12-6-5-9-3-1-2-4-10(9)11-13-7-8-14-11/h1-4,7-8H,5-6,12H2. The molecule has 72 valence electrons. The summed E-state index contributed by atoms with van der Waals surface area (Å²) in [5, 5.41) is 3.07. The second kappa shape index (κ2) is 4.35. The Morgan fingerprint density at radius 1 is 1.29 bits per heavy atom. The molecule has 2 rings (SSSR count). The van der Waals surface area contributed by atoms with E-state index in [0.29, 0.717) is 6.54 Å². The molecular formula is C11H12N2S. The van der Waals surface area contributed by atoms with E-state index in [0.717, 1.165) is 11.4 Å². The van der Waals surface area contributed by atoms with Crippen molar-refractivity contribution in [2.75, 3.05) is 6.54 Å². The lowest BCUT2D eigenvalue weighted by molar-refractivity contribution is 0.970. The van der Waals surface area contributed by atoms with E-state index < -0.39 is 0 Å². The summed E-state index contributed by atoms with van der Waals surface area (Å²) in [4.78, 5) is 4.31. The van der Waals surface area contributed by atoms with Crippen molar-refractivity contribution in [3.05, 3.63) is 41.4 Å². The van der Waals surface area contributed by atoms with E-state index in [1.807, 2.05) is 23.7 Å². The van der Waals surface area contributed by atoms with Crippen LogP contribution >= 0.6 is 11.3 Å². The van der Waals surface area contributed by atoms with E-state index in [4.69, 9.17) is 5.73 Å². The van der Waals surface area contributed by atoms with Crippen molar-refractivity contribution in [1.82, 2.24) is 4.98 Å². The molecule has 2 nitrogen and oxygen atoms in total. The Kier molecular flexibility index (Phi) is 2.91. The van der Waals surface area contributed by atoms with Crippen LogP contribution in [-0.4, -0.2) is 11.5 Å². The number of aromatic nitrogens is 1. The van der Waals surface area contributed by atoms with Crippen molar-refractivity contribution in [2.24, 2.45) is 5.73 Å². The summed E-state index contributed by atoms with van der Waals surface area (Å²) in [6.45, 7) is 0.683. The maximum atomic E-state index is 5.57. The highest BCUT2D eigenvalue weighted by molar-refractivity contribution is 7.13. The minimum atomic E-state index is 0.683. The van der Waals surface area contributed by atoms with Crippen LogP contribution in [0.25, 0.3) is 10.6 Å². The fourth-order valence-electron chi connectivity index (χ4n) is 1.46. The molecule has 0 unspecified atom stereocenters. The molecule has 0 aliphatic rings. The van der Waals surface area contributed by atoms with Crippen molar-refractivity contribution in [1.29, 1.82) is 0 Å². The van der Waals surface area contributed by atoms with Gasteiger partial charge in [-0.25, -0.2) is 4.98 Å². The second-order valence-corrected chi connectivity index (χ2v) is 3.93. The van der Waals surface area contributed by atoms with Crippen molar-refractivity contribution >= 4 is 11.3 Å². The Bertz CT molecular complexity index is 395. The highest BCUT2D eigenvalue weighted by Gasteiger charge is 2.05. The van der Waals surface area contributed by atoms with Gasteiger partial charge in [0.25, 0.3) is 0 Å². The summed E-state index contributed by atoms with van der Waals surface area (Å²) in [6, 6.07) is 8.30. The third-order valence-corrected chi connectivity index (χ3v) is 2.90. The van der Waals surface area contributed by atoms with Gasteiger partial charge < -0.3 is 5.73 Å². The molecule has 2 N–H and O–H groups in total. The SMILES string of the molecule is NCCc1ccccc1-c1nccs1. The zero-order chi connectivity index (χ0) is 9.80. The van der Waals surface area contributed by atoms with Crippen LogP contribution in [0.5, 0.6) is 0 Å². The van der Waals surface area contributed by atoms with Crippen molar-refractivity contribution in [2.45, 2.75) is 6.42 Å². The number of benzene rings is 1. The zero-order valence-corrected chi connectivity index (χ0v) is 8.63. The predicted octanol–water partition coefficient (Wildman–Crippen LogP) is 2.31. The van der Waals surface area contributed by atoms with Gasteiger partial charge in [-0.05, 0) is 18.5 Å². The van der Waals surface area contributed by atoms with E-state index >= 15 is 0 Å². The van der Waals surface area contributed by atoms with Gasteiger partial charge in [0, 0.05) is 17.1 Å². The molecule has 0 saturated carbocycles. The molecule has 0 bridgehead atoms. The molecule has 0 aliphatic carbocycles. The summed E-state index contributed by atoms with van der Waals surface area (Å²) in [5.41, 5.74) is 8.06. The molecule has 0 amide bonds. The van der Waals surface area contributed by atoms with Crippen LogP contribution in [-0.2, 0) is 6.42 Å². The largest absolute Gasteiger partial charge is 0.330 e. The predicted molar refractivity (Wildman–Crippen MR) is 60.3 cm³/mol. The molecule has 0 saturated heterocycles. The lowest BCUT2D eigenvalue weighted by Gasteiger charge is -2.04. The summed E-state index contributed by atoms with van der Waals surface area (Å²) in [7, 11) is 0. The Hall–Kier alpha value is -1.19. The lowest BCUT2D eigenvalue weighted by Crippen LogP contribution is -2.03. The molecule has 1 heterocycles. The number of nitrogens with two attached hydrogens (primary N) is 1. The molecule has 0 atom stereocenters. The van der Waals surface area contributed by atoms with Crippen LogP contribution in [0.3, 0.4) is 0 Å². The van der Waals surface area contributed by atoms with Gasteiger partial charge in [-0.1, -0.05) is 24.3 Å². The number of thiazole rings is 1.